The number of hydrogen-bond acceptors (Lipinski definition) is 3. The van der Waals surface area contributed by atoms with Crippen molar-refractivity contribution in [2.24, 2.45) is 0 Å². The lowest BCUT2D eigenvalue weighted by molar-refractivity contribution is 0.669. The Morgan fingerprint density at radius 1 is 0.732 bits per heavy atom. The maximum atomic E-state index is 6.70. The summed E-state index contributed by atoms with van der Waals surface area (Å²) in [6, 6.07) is 30.2. The maximum absolute atomic E-state index is 6.70. The number of fused-ring (bicyclic) bond motifs is 4. The van der Waals surface area contributed by atoms with Crippen molar-refractivity contribution in [1.29, 1.82) is 0 Å². The molecule has 0 unspecified atom stereocenters. The van der Waals surface area contributed by atoms with Crippen LogP contribution in [0.25, 0.3) is 61.2 Å². The van der Waals surface area contributed by atoms with E-state index in [9.17, 15) is 0 Å². The SMILES string of the molecule is Cc1ccc(-c2ccc3c(c2)oc2c(-c4nc5ccncc5n4-c4c(C(C)C)cccc4C(C)C)cccc23)cc1. The van der Waals surface area contributed by atoms with Crippen LogP contribution in [-0.4, -0.2) is 14.5 Å². The van der Waals surface area contributed by atoms with Crippen LogP contribution in [0.15, 0.2) is 102 Å². The molecule has 4 heteroatoms. The number of aromatic nitrogens is 3. The summed E-state index contributed by atoms with van der Waals surface area (Å²) in [6.45, 7) is 11.1. The fraction of sp³-hybridized carbons (Fsp3) is 0.189. The number of hydrogen-bond donors (Lipinski definition) is 0. The second kappa shape index (κ2) is 9.74. The molecule has 7 rings (SSSR count). The Labute approximate surface area is 240 Å². The molecule has 0 N–H and O–H groups in total. The van der Waals surface area contributed by atoms with Crippen LogP contribution in [0, 0.1) is 6.92 Å². The Hall–Kier alpha value is -4.70. The Morgan fingerprint density at radius 3 is 2.17 bits per heavy atom. The summed E-state index contributed by atoms with van der Waals surface area (Å²) in [5.41, 5.74) is 12.0. The van der Waals surface area contributed by atoms with Gasteiger partial charge in [-0.2, -0.15) is 0 Å². The van der Waals surface area contributed by atoms with Crippen LogP contribution in [0.5, 0.6) is 0 Å². The molecule has 4 nitrogen and oxygen atoms in total. The molecule has 0 bridgehead atoms. The van der Waals surface area contributed by atoms with Crippen molar-refractivity contribution in [2.45, 2.75) is 46.5 Å². The molecule has 0 aliphatic heterocycles. The molecule has 0 radical (unpaired) electrons. The summed E-state index contributed by atoms with van der Waals surface area (Å²) < 4.78 is 9.01. The molecule has 0 aliphatic rings. The Balaban J connectivity index is 1.52. The average Bonchev–Trinajstić information content (AvgIpc) is 3.55. The van der Waals surface area contributed by atoms with Gasteiger partial charge in [-0.1, -0.05) is 93.9 Å². The Kier molecular flexibility index (Phi) is 6.01. The fourth-order valence-electron chi connectivity index (χ4n) is 6.00. The third kappa shape index (κ3) is 4.13. The minimum atomic E-state index is 0.341. The van der Waals surface area contributed by atoms with E-state index in [1.54, 1.807) is 0 Å². The zero-order chi connectivity index (χ0) is 28.2. The first-order valence-electron chi connectivity index (χ1n) is 14.4. The van der Waals surface area contributed by atoms with Gasteiger partial charge in [-0.25, -0.2) is 4.98 Å². The summed E-state index contributed by atoms with van der Waals surface area (Å²) in [4.78, 5) is 9.73. The Bertz CT molecular complexity index is 2030. The number of furan rings is 1. The molecule has 0 saturated carbocycles. The molecule has 3 aromatic heterocycles. The van der Waals surface area contributed by atoms with Crippen LogP contribution in [0.2, 0.25) is 0 Å². The van der Waals surface area contributed by atoms with Crippen molar-refractivity contribution >= 4 is 33.0 Å². The molecule has 7 aromatic rings. The zero-order valence-electron chi connectivity index (χ0n) is 24.1. The predicted molar refractivity (Wildman–Crippen MR) is 170 cm³/mol. The van der Waals surface area contributed by atoms with E-state index in [4.69, 9.17) is 9.40 Å². The van der Waals surface area contributed by atoms with E-state index in [0.717, 1.165) is 49.9 Å². The molecule has 202 valence electrons. The first-order valence-corrected chi connectivity index (χ1v) is 14.4. The van der Waals surface area contributed by atoms with Crippen LogP contribution in [0.1, 0.15) is 56.2 Å². The lowest BCUT2D eigenvalue weighted by Gasteiger charge is -2.22. The number of benzene rings is 4. The third-order valence-corrected chi connectivity index (χ3v) is 8.15. The summed E-state index contributed by atoms with van der Waals surface area (Å²) in [5.74, 6) is 1.55. The number of aryl methyl sites for hydroxylation is 1. The molecule has 41 heavy (non-hydrogen) atoms. The van der Waals surface area contributed by atoms with Crippen LogP contribution in [0.4, 0.5) is 0 Å². The van der Waals surface area contributed by atoms with Gasteiger partial charge in [-0.3, -0.25) is 9.55 Å². The van der Waals surface area contributed by atoms with E-state index < -0.39 is 0 Å². The predicted octanol–water partition coefficient (Wildman–Crippen LogP) is 10.2. The monoisotopic (exact) mass is 535 g/mol. The lowest BCUT2D eigenvalue weighted by Crippen LogP contribution is -2.08. The van der Waals surface area contributed by atoms with Gasteiger partial charge in [0.2, 0.25) is 0 Å². The zero-order valence-corrected chi connectivity index (χ0v) is 24.1. The topological polar surface area (TPSA) is 43.9 Å². The first kappa shape index (κ1) is 25.3. The smallest absolute Gasteiger partial charge is 0.149 e. The number of rotatable bonds is 5. The highest BCUT2D eigenvalue weighted by Gasteiger charge is 2.24. The largest absolute Gasteiger partial charge is 0.455 e. The van der Waals surface area contributed by atoms with Crippen LogP contribution < -0.4 is 0 Å². The molecule has 3 heterocycles. The van der Waals surface area contributed by atoms with Gasteiger partial charge < -0.3 is 4.42 Å². The van der Waals surface area contributed by atoms with Crippen molar-refractivity contribution in [3.05, 3.63) is 114 Å². The quantitative estimate of drug-likeness (QED) is 0.220. The van der Waals surface area contributed by atoms with E-state index in [2.05, 4.69) is 123 Å². The van der Waals surface area contributed by atoms with Gasteiger partial charge in [-0.15, -0.1) is 0 Å². The van der Waals surface area contributed by atoms with Crippen LogP contribution in [-0.2, 0) is 0 Å². The molecule has 0 amide bonds. The van der Waals surface area contributed by atoms with E-state index in [-0.39, 0.29) is 0 Å². The van der Waals surface area contributed by atoms with Gasteiger partial charge in [0.25, 0.3) is 0 Å². The van der Waals surface area contributed by atoms with Crippen LogP contribution in [0.3, 0.4) is 0 Å². The lowest BCUT2D eigenvalue weighted by atomic mass is 9.92. The second-order valence-electron chi connectivity index (χ2n) is 11.6. The van der Waals surface area contributed by atoms with Gasteiger partial charge in [0.1, 0.15) is 17.0 Å². The van der Waals surface area contributed by atoms with E-state index >= 15 is 0 Å². The minimum absolute atomic E-state index is 0.341. The highest BCUT2D eigenvalue weighted by atomic mass is 16.3. The van der Waals surface area contributed by atoms with Crippen molar-refractivity contribution < 1.29 is 4.42 Å². The maximum Gasteiger partial charge on any atom is 0.149 e. The highest BCUT2D eigenvalue weighted by molar-refractivity contribution is 6.10. The van der Waals surface area contributed by atoms with E-state index in [1.165, 1.54) is 27.9 Å². The van der Waals surface area contributed by atoms with Crippen molar-refractivity contribution in [3.63, 3.8) is 0 Å². The van der Waals surface area contributed by atoms with Gasteiger partial charge in [-0.05, 0) is 65.3 Å². The average molecular weight is 536 g/mol. The summed E-state index contributed by atoms with van der Waals surface area (Å²) in [6.07, 6.45) is 3.75. The molecular weight excluding hydrogens is 502 g/mol. The normalized spacial score (nSPS) is 12.0. The van der Waals surface area contributed by atoms with Gasteiger partial charge in [0, 0.05) is 17.0 Å². The van der Waals surface area contributed by atoms with Crippen molar-refractivity contribution in [1.82, 2.24) is 14.5 Å². The summed E-state index contributed by atoms with van der Waals surface area (Å²) in [5, 5.41) is 2.19. The number of para-hydroxylation sites is 2. The highest BCUT2D eigenvalue weighted by Crippen LogP contribution is 2.41. The van der Waals surface area contributed by atoms with E-state index in [1.807, 2.05) is 18.5 Å². The summed E-state index contributed by atoms with van der Waals surface area (Å²) in [7, 11) is 0. The minimum Gasteiger partial charge on any atom is -0.455 e. The second-order valence-corrected chi connectivity index (χ2v) is 11.6. The molecule has 0 saturated heterocycles. The Morgan fingerprint density at radius 2 is 1.44 bits per heavy atom. The molecular formula is C37H33N3O. The molecule has 0 aliphatic carbocycles. The third-order valence-electron chi connectivity index (χ3n) is 8.15. The first-order chi connectivity index (χ1) is 19.9. The van der Waals surface area contributed by atoms with Gasteiger partial charge >= 0.3 is 0 Å². The molecule has 0 atom stereocenters. The van der Waals surface area contributed by atoms with Gasteiger partial charge in [0.05, 0.1) is 28.5 Å². The summed E-state index contributed by atoms with van der Waals surface area (Å²) >= 11 is 0. The number of imidazole rings is 1. The number of nitrogens with zero attached hydrogens (tertiary/aromatic N) is 3. The van der Waals surface area contributed by atoms with Crippen LogP contribution >= 0.6 is 0 Å². The van der Waals surface area contributed by atoms with Crippen molar-refractivity contribution in [3.8, 4) is 28.2 Å². The number of pyridine rings is 1. The molecule has 0 spiro atoms. The van der Waals surface area contributed by atoms with E-state index in [0.29, 0.717) is 11.8 Å². The standard InChI is InChI=1S/C37H33N3O/c1-22(2)27-8-6-9-28(23(3)4)35(27)40-33-21-38-19-18-32(33)39-37(40)31-11-7-10-30-29-17-16-26(20-34(29)41-36(30)31)25-14-12-24(5)13-15-25/h6-23H,1-5H3. The molecule has 4 aromatic carbocycles. The fourth-order valence-corrected chi connectivity index (χ4v) is 6.00. The van der Waals surface area contributed by atoms with Gasteiger partial charge in [0.15, 0.2) is 0 Å². The molecule has 0 fully saturated rings. The van der Waals surface area contributed by atoms with Crippen molar-refractivity contribution in [2.75, 3.05) is 0 Å².